The highest BCUT2D eigenvalue weighted by Crippen LogP contribution is 2.29. The second-order valence-electron chi connectivity index (χ2n) is 4.68. The maximum absolute atomic E-state index is 11.9. The molecule has 0 aliphatic carbocycles. The van der Waals surface area contributed by atoms with Crippen LogP contribution in [0.25, 0.3) is 0 Å². The standard InChI is InChI=1S/C13H19N5OS/c1-17(2)13(19)12-10(14)8-11(20-12)16-4-3-6-18-7-5-15-9-18/h5,7-9,16H,3-4,6,14H2,1-2H3. The van der Waals surface area contributed by atoms with E-state index in [4.69, 9.17) is 5.73 Å². The number of rotatable bonds is 6. The SMILES string of the molecule is CN(C)C(=O)c1sc(NCCCn2ccnc2)cc1N. The van der Waals surface area contributed by atoms with Gasteiger partial charge in [0.05, 0.1) is 17.0 Å². The lowest BCUT2D eigenvalue weighted by Gasteiger charge is -2.08. The molecule has 0 aliphatic heterocycles. The van der Waals surface area contributed by atoms with Crippen LogP contribution in [0.2, 0.25) is 0 Å². The average molecular weight is 293 g/mol. The quantitative estimate of drug-likeness (QED) is 0.795. The van der Waals surface area contributed by atoms with Crippen molar-refractivity contribution in [2.24, 2.45) is 0 Å². The van der Waals surface area contributed by atoms with Crippen molar-refractivity contribution in [2.75, 3.05) is 31.7 Å². The number of aryl methyl sites for hydroxylation is 1. The number of carbonyl (C=O) groups excluding carboxylic acids is 1. The summed E-state index contributed by atoms with van der Waals surface area (Å²) in [7, 11) is 3.44. The largest absolute Gasteiger partial charge is 0.397 e. The molecule has 0 saturated heterocycles. The number of aromatic nitrogens is 2. The molecule has 0 aromatic carbocycles. The van der Waals surface area contributed by atoms with Crippen LogP contribution in [0.3, 0.4) is 0 Å². The average Bonchev–Trinajstić information content (AvgIpc) is 3.03. The van der Waals surface area contributed by atoms with Gasteiger partial charge in [-0.25, -0.2) is 4.98 Å². The van der Waals surface area contributed by atoms with Crippen LogP contribution in [-0.4, -0.2) is 41.0 Å². The molecule has 0 fully saturated rings. The Morgan fingerprint density at radius 1 is 1.55 bits per heavy atom. The van der Waals surface area contributed by atoms with Gasteiger partial charge in [0.25, 0.3) is 5.91 Å². The first-order valence-electron chi connectivity index (χ1n) is 6.38. The fraction of sp³-hybridized carbons (Fsp3) is 0.385. The highest BCUT2D eigenvalue weighted by Gasteiger charge is 2.15. The van der Waals surface area contributed by atoms with Gasteiger partial charge in [-0.1, -0.05) is 0 Å². The smallest absolute Gasteiger partial charge is 0.265 e. The summed E-state index contributed by atoms with van der Waals surface area (Å²) in [5, 5.41) is 4.23. The molecule has 20 heavy (non-hydrogen) atoms. The molecular formula is C13H19N5OS. The van der Waals surface area contributed by atoms with Crippen molar-refractivity contribution < 1.29 is 4.79 Å². The fourth-order valence-corrected chi connectivity index (χ4v) is 2.78. The normalized spacial score (nSPS) is 10.5. The summed E-state index contributed by atoms with van der Waals surface area (Å²) in [6, 6.07) is 1.82. The molecule has 0 saturated carbocycles. The van der Waals surface area contributed by atoms with Gasteiger partial charge in [-0.15, -0.1) is 11.3 Å². The summed E-state index contributed by atoms with van der Waals surface area (Å²) in [5.41, 5.74) is 6.41. The number of nitrogen functional groups attached to an aromatic ring is 1. The number of nitrogens with one attached hydrogen (secondary N) is 1. The van der Waals surface area contributed by atoms with Crippen molar-refractivity contribution >= 4 is 27.9 Å². The van der Waals surface area contributed by atoms with Crippen LogP contribution in [-0.2, 0) is 6.54 Å². The van der Waals surface area contributed by atoms with Crippen LogP contribution in [0.1, 0.15) is 16.1 Å². The molecule has 0 bridgehead atoms. The van der Waals surface area contributed by atoms with E-state index in [1.807, 2.05) is 16.8 Å². The Morgan fingerprint density at radius 2 is 2.35 bits per heavy atom. The van der Waals surface area contributed by atoms with E-state index in [0.717, 1.165) is 24.5 Å². The third-order valence-electron chi connectivity index (χ3n) is 2.81. The monoisotopic (exact) mass is 293 g/mol. The molecule has 0 spiro atoms. The molecule has 2 heterocycles. The van der Waals surface area contributed by atoms with E-state index in [0.29, 0.717) is 10.6 Å². The predicted octanol–water partition coefficient (Wildman–Crippen LogP) is 1.73. The Labute approximate surface area is 122 Å². The number of carbonyl (C=O) groups is 1. The van der Waals surface area contributed by atoms with Crippen molar-refractivity contribution in [2.45, 2.75) is 13.0 Å². The zero-order chi connectivity index (χ0) is 14.5. The first-order valence-corrected chi connectivity index (χ1v) is 7.20. The molecule has 2 aromatic heterocycles. The number of imidazole rings is 1. The van der Waals surface area contributed by atoms with Crippen LogP contribution >= 0.6 is 11.3 Å². The lowest BCUT2D eigenvalue weighted by atomic mass is 10.3. The maximum Gasteiger partial charge on any atom is 0.265 e. The molecule has 108 valence electrons. The van der Waals surface area contributed by atoms with Gasteiger partial charge in [0.1, 0.15) is 4.88 Å². The fourth-order valence-electron chi connectivity index (χ4n) is 1.75. The Balaban J connectivity index is 1.84. The number of anilines is 2. The molecular weight excluding hydrogens is 274 g/mol. The third-order valence-corrected chi connectivity index (χ3v) is 3.91. The molecule has 7 heteroatoms. The van der Waals surface area contributed by atoms with Crippen molar-refractivity contribution in [3.05, 3.63) is 29.7 Å². The topological polar surface area (TPSA) is 76.2 Å². The van der Waals surface area contributed by atoms with Crippen molar-refractivity contribution in [3.8, 4) is 0 Å². The molecule has 0 radical (unpaired) electrons. The van der Waals surface area contributed by atoms with E-state index in [9.17, 15) is 4.79 Å². The Hall–Kier alpha value is -2.02. The lowest BCUT2D eigenvalue weighted by molar-refractivity contribution is 0.0833. The minimum atomic E-state index is -0.0565. The molecule has 6 nitrogen and oxygen atoms in total. The zero-order valence-corrected chi connectivity index (χ0v) is 12.5. The van der Waals surface area contributed by atoms with Crippen LogP contribution in [0.4, 0.5) is 10.7 Å². The molecule has 0 aliphatic rings. The van der Waals surface area contributed by atoms with Gasteiger partial charge in [-0.05, 0) is 12.5 Å². The minimum absolute atomic E-state index is 0.0565. The van der Waals surface area contributed by atoms with Crippen molar-refractivity contribution in [3.63, 3.8) is 0 Å². The Morgan fingerprint density at radius 3 is 3.00 bits per heavy atom. The number of hydrogen-bond donors (Lipinski definition) is 2. The van der Waals surface area contributed by atoms with Crippen LogP contribution in [0.5, 0.6) is 0 Å². The number of nitrogens with two attached hydrogens (primary N) is 1. The number of hydrogen-bond acceptors (Lipinski definition) is 5. The summed E-state index contributed by atoms with van der Waals surface area (Å²) >= 11 is 1.40. The summed E-state index contributed by atoms with van der Waals surface area (Å²) in [4.78, 5) is 18.0. The molecule has 0 unspecified atom stereocenters. The van der Waals surface area contributed by atoms with Gasteiger partial charge < -0.3 is 20.5 Å². The van der Waals surface area contributed by atoms with E-state index < -0.39 is 0 Å². The summed E-state index contributed by atoms with van der Waals surface area (Å²) in [6.45, 7) is 1.74. The molecule has 0 atom stereocenters. The van der Waals surface area contributed by atoms with Gasteiger partial charge in [0, 0.05) is 39.6 Å². The van der Waals surface area contributed by atoms with E-state index in [-0.39, 0.29) is 5.91 Å². The van der Waals surface area contributed by atoms with Gasteiger partial charge in [-0.3, -0.25) is 4.79 Å². The Bertz CT molecular complexity index is 561. The van der Waals surface area contributed by atoms with E-state index in [1.54, 1.807) is 26.6 Å². The van der Waals surface area contributed by atoms with Gasteiger partial charge >= 0.3 is 0 Å². The van der Waals surface area contributed by atoms with Gasteiger partial charge in [-0.2, -0.15) is 0 Å². The molecule has 2 rings (SSSR count). The molecule has 2 aromatic rings. The van der Waals surface area contributed by atoms with Crippen LogP contribution < -0.4 is 11.1 Å². The second-order valence-corrected chi connectivity index (χ2v) is 5.73. The van der Waals surface area contributed by atoms with Gasteiger partial charge in [0.2, 0.25) is 0 Å². The van der Waals surface area contributed by atoms with Crippen molar-refractivity contribution in [1.29, 1.82) is 0 Å². The Kier molecular flexibility index (Phi) is 4.62. The second kappa shape index (κ2) is 6.42. The number of thiophene rings is 1. The summed E-state index contributed by atoms with van der Waals surface area (Å²) in [5.74, 6) is -0.0565. The highest BCUT2D eigenvalue weighted by molar-refractivity contribution is 7.18. The van der Waals surface area contributed by atoms with E-state index in [1.165, 1.54) is 16.2 Å². The first kappa shape index (κ1) is 14.4. The number of nitrogens with zero attached hydrogens (tertiary/aromatic N) is 3. The van der Waals surface area contributed by atoms with E-state index in [2.05, 4.69) is 10.3 Å². The van der Waals surface area contributed by atoms with Gasteiger partial charge in [0.15, 0.2) is 0 Å². The molecule has 3 N–H and O–H groups in total. The van der Waals surface area contributed by atoms with Crippen LogP contribution in [0.15, 0.2) is 24.8 Å². The zero-order valence-electron chi connectivity index (χ0n) is 11.7. The number of amides is 1. The summed E-state index contributed by atoms with van der Waals surface area (Å²) < 4.78 is 2.03. The first-order chi connectivity index (χ1) is 9.58. The molecule has 1 amide bonds. The van der Waals surface area contributed by atoms with E-state index >= 15 is 0 Å². The van der Waals surface area contributed by atoms with Crippen LogP contribution in [0, 0.1) is 0 Å². The highest BCUT2D eigenvalue weighted by atomic mass is 32.1. The predicted molar refractivity (Wildman–Crippen MR) is 82.1 cm³/mol. The summed E-state index contributed by atoms with van der Waals surface area (Å²) in [6.07, 6.45) is 6.49. The third kappa shape index (κ3) is 3.51. The maximum atomic E-state index is 11.9. The minimum Gasteiger partial charge on any atom is -0.397 e. The van der Waals surface area contributed by atoms with Crippen molar-refractivity contribution in [1.82, 2.24) is 14.5 Å². The lowest BCUT2D eigenvalue weighted by Crippen LogP contribution is -2.21.